The first-order chi connectivity index (χ1) is 12.0. The zero-order valence-electron chi connectivity index (χ0n) is 13.4. The summed E-state index contributed by atoms with van der Waals surface area (Å²) in [6, 6.07) is 16.1. The highest BCUT2D eigenvalue weighted by Gasteiger charge is 2.18. The van der Waals surface area contributed by atoms with Crippen LogP contribution in [0.1, 0.15) is 5.56 Å². The van der Waals surface area contributed by atoms with Crippen LogP contribution in [-0.2, 0) is 10.0 Å². The average molecular weight is 356 g/mol. The van der Waals surface area contributed by atoms with Gasteiger partial charge in [0, 0.05) is 6.07 Å². The predicted octanol–water partition coefficient (Wildman–Crippen LogP) is 2.69. The van der Waals surface area contributed by atoms with Crippen molar-refractivity contribution in [2.24, 2.45) is 0 Å². The molecular formula is C17H16N4O3S. The summed E-state index contributed by atoms with van der Waals surface area (Å²) in [5.41, 5.74) is 1.67. The van der Waals surface area contributed by atoms with E-state index in [1.807, 2.05) is 42.0 Å². The highest BCUT2D eigenvalue weighted by Crippen LogP contribution is 2.15. The maximum absolute atomic E-state index is 12.2. The van der Waals surface area contributed by atoms with E-state index < -0.39 is 16.1 Å². The van der Waals surface area contributed by atoms with Crippen LogP contribution in [0.15, 0.2) is 71.8 Å². The number of anilines is 1. The zero-order valence-corrected chi connectivity index (χ0v) is 14.2. The molecule has 0 spiro atoms. The van der Waals surface area contributed by atoms with Crippen molar-refractivity contribution in [1.29, 1.82) is 0 Å². The van der Waals surface area contributed by atoms with Crippen molar-refractivity contribution < 1.29 is 13.2 Å². The lowest BCUT2D eigenvalue weighted by atomic mass is 10.2. The van der Waals surface area contributed by atoms with Gasteiger partial charge in [-0.1, -0.05) is 35.9 Å². The Kier molecular flexibility index (Phi) is 4.53. The molecule has 0 aliphatic heterocycles. The molecule has 0 aliphatic carbocycles. The van der Waals surface area contributed by atoms with E-state index in [2.05, 4.69) is 10.4 Å². The Labute approximate surface area is 145 Å². The van der Waals surface area contributed by atoms with Crippen LogP contribution in [0, 0.1) is 6.92 Å². The van der Waals surface area contributed by atoms with E-state index in [0.717, 1.165) is 11.3 Å². The highest BCUT2D eigenvalue weighted by atomic mass is 32.2. The minimum absolute atomic E-state index is 0.0183. The SMILES string of the molecule is Cc1ccc(S(=O)(=O)NC(=O)Nc2ccnn2-c2ccccc2)cc1. The van der Waals surface area contributed by atoms with Gasteiger partial charge in [-0.15, -0.1) is 0 Å². The molecule has 0 saturated carbocycles. The number of carbonyl (C=O) groups excluding carboxylic acids is 1. The van der Waals surface area contributed by atoms with E-state index in [-0.39, 0.29) is 4.90 Å². The molecule has 0 unspecified atom stereocenters. The molecule has 8 heteroatoms. The number of sulfonamides is 1. The van der Waals surface area contributed by atoms with Crippen molar-refractivity contribution >= 4 is 21.9 Å². The van der Waals surface area contributed by atoms with E-state index >= 15 is 0 Å². The Morgan fingerprint density at radius 3 is 2.36 bits per heavy atom. The molecule has 0 saturated heterocycles. The van der Waals surface area contributed by atoms with Gasteiger partial charge < -0.3 is 0 Å². The van der Waals surface area contributed by atoms with Crippen LogP contribution >= 0.6 is 0 Å². The van der Waals surface area contributed by atoms with Crippen LogP contribution in [0.25, 0.3) is 5.69 Å². The minimum atomic E-state index is -3.95. The number of nitrogens with one attached hydrogen (secondary N) is 2. The van der Waals surface area contributed by atoms with Gasteiger partial charge in [-0.05, 0) is 31.2 Å². The number of para-hydroxylation sites is 1. The Morgan fingerprint density at radius 1 is 1.00 bits per heavy atom. The Hall–Kier alpha value is -3.13. The van der Waals surface area contributed by atoms with Crippen LogP contribution in [0.3, 0.4) is 0 Å². The molecule has 0 fully saturated rings. The second-order valence-corrected chi connectivity index (χ2v) is 7.02. The fourth-order valence-electron chi connectivity index (χ4n) is 2.21. The number of carbonyl (C=O) groups is 1. The maximum atomic E-state index is 12.2. The second kappa shape index (κ2) is 6.78. The number of aryl methyl sites for hydroxylation is 1. The van der Waals surface area contributed by atoms with E-state index in [0.29, 0.717) is 5.82 Å². The Morgan fingerprint density at radius 2 is 1.68 bits per heavy atom. The van der Waals surface area contributed by atoms with Crippen molar-refractivity contribution in [3.63, 3.8) is 0 Å². The van der Waals surface area contributed by atoms with Gasteiger partial charge in [0.2, 0.25) is 0 Å². The number of amides is 2. The normalized spacial score (nSPS) is 11.1. The topological polar surface area (TPSA) is 93.1 Å². The third-order valence-electron chi connectivity index (χ3n) is 3.44. The summed E-state index contributed by atoms with van der Waals surface area (Å²) in [7, 11) is -3.95. The molecule has 25 heavy (non-hydrogen) atoms. The highest BCUT2D eigenvalue weighted by molar-refractivity contribution is 7.90. The molecule has 2 amide bonds. The molecule has 3 aromatic rings. The summed E-state index contributed by atoms with van der Waals surface area (Å²) in [6.45, 7) is 1.85. The standard InChI is InChI=1S/C17H16N4O3S/c1-13-7-9-15(10-8-13)25(23,24)20-17(22)19-16-11-12-18-21(16)14-5-3-2-4-6-14/h2-12H,1H3,(H2,19,20,22). The van der Waals surface area contributed by atoms with Crippen LogP contribution in [-0.4, -0.2) is 24.2 Å². The lowest BCUT2D eigenvalue weighted by Crippen LogP contribution is -2.34. The molecule has 0 atom stereocenters. The molecule has 0 bridgehead atoms. The predicted molar refractivity (Wildman–Crippen MR) is 94.1 cm³/mol. The average Bonchev–Trinajstić information content (AvgIpc) is 3.03. The number of hydrogen-bond donors (Lipinski definition) is 2. The largest absolute Gasteiger partial charge is 0.334 e. The Bertz CT molecular complexity index is 980. The van der Waals surface area contributed by atoms with Gasteiger partial charge in [0.25, 0.3) is 10.0 Å². The van der Waals surface area contributed by atoms with Gasteiger partial charge in [-0.25, -0.2) is 22.6 Å². The van der Waals surface area contributed by atoms with Crippen LogP contribution in [0.5, 0.6) is 0 Å². The molecule has 1 aromatic heterocycles. The van der Waals surface area contributed by atoms with Crippen molar-refractivity contribution in [3.8, 4) is 5.69 Å². The van der Waals surface area contributed by atoms with Crippen LogP contribution in [0.2, 0.25) is 0 Å². The number of benzene rings is 2. The molecule has 2 aromatic carbocycles. The van der Waals surface area contributed by atoms with Gasteiger partial charge in [-0.2, -0.15) is 5.10 Å². The summed E-state index contributed by atoms with van der Waals surface area (Å²) in [6.07, 6.45) is 1.51. The molecule has 3 rings (SSSR count). The molecule has 2 N–H and O–H groups in total. The van der Waals surface area contributed by atoms with Crippen LogP contribution in [0.4, 0.5) is 10.6 Å². The lowest BCUT2D eigenvalue weighted by Gasteiger charge is -2.10. The summed E-state index contributed by atoms with van der Waals surface area (Å²) >= 11 is 0. The maximum Gasteiger partial charge on any atom is 0.334 e. The van der Waals surface area contributed by atoms with Crippen LogP contribution < -0.4 is 10.0 Å². The fraction of sp³-hybridized carbons (Fsp3) is 0.0588. The molecule has 0 radical (unpaired) electrons. The number of urea groups is 1. The third-order valence-corrected chi connectivity index (χ3v) is 4.79. The summed E-state index contributed by atoms with van der Waals surface area (Å²) in [5, 5.41) is 6.63. The summed E-state index contributed by atoms with van der Waals surface area (Å²) in [5.74, 6) is 0.350. The summed E-state index contributed by atoms with van der Waals surface area (Å²) < 4.78 is 28.0. The quantitative estimate of drug-likeness (QED) is 0.752. The Balaban J connectivity index is 1.76. The number of aromatic nitrogens is 2. The molecule has 0 aliphatic rings. The number of hydrogen-bond acceptors (Lipinski definition) is 4. The van der Waals surface area contributed by atoms with Gasteiger partial charge in [0.1, 0.15) is 5.82 Å². The molecule has 1 heterocycles. The second-order valence-electron chi connectivity index (χ2n) is 5.34. The lowest BCUT2D eigenvalue weighted by molar-refractivity contribution is 0.256. The summed E-state index contributed by atoms with van der Waals surface area (Å²) in [4.78, 5) is 12.1. The fourth-order valence-corrected chi connectivity index (χ4v) is 3.12. The van der Waals surface area contributed by atoms with Crippen molar-refractivity contribution in [2.75, 3.05) is 5.32 Å². The zero-order chi connectivity index (χ0) is 17.9. The van der Waals surface area contributed by atoms with Gasteiger partial charge >= 0.3 is 6.03 Å². The third kappa shape index (κ3) is 3.86. The smallest absolute Gasteiger partial charge is 0.291 e. The van der Waals surface area contributed by atoms with E-state index in [9.17, 15) is 13.2 Å². The molecular weight excluding hydrogens is 340 g/mol. The van der Waals surface area contributed by atoms with Crippen molar-refractivity contribution in [1.82, 2.24) is 14.5 Å². The van der Waals surface area contributed by atoms with E-state index in [4.69, 9.17) is 0 Å². The molecule has 128 valence electrons. The van der Waals surface area contributed by atoms with E-state index in [1.165, 1.54) is 23.0 Å². The first-order valence-electron chi connectivity index (χ1n) is 7.46. The van der Waals surface area contributed by atoms with E-state index in [1.54, 1.807) is 18.2 Å². The van der Waals surface area contributed by atoms with Gasteiger partial charge in [-0.3, -0.25) is 5.32 Å². The first kappa shape index (κ1) is 16.7. The van der Waals surface area contributed by atoms with Crippen molar-refractivity contribution in [2.45, 2.75) is 11.8 Å². The number of rotatable bonds is 4. The first-order valence-corrected chi connectivity index (χ1v) is 8.94. The number of nitrogens with zero attached hydrogens (tertiary/aromatic N) is 2. The van der Waals surface area contributed by atoms with Gasteiger partial charge in [0.05, 0.1) is 16.8 Å². The minimum Gasteiger partial charge on any atom is -0.291 e. The van der Waals surface area contributed by atoms with Gasteiger partial charge in [0.15, 0.2) is 0 Å². The monoisotopic (exact) mass is 356 g/mol. The van der Waals surface area contributed by atoms with Crippen molar-refractivity contribution in [3.05, 3.63) is 72.4 Å². The molecule has 7 nitrogen and oxygen atoms in total.